The number of fused-ring (bicyclic) bond motifs is 1. The Hall–Kier alpha value is -3.13. The third kappa shape index (κ3) is 2.84. The molecule has 4 N–H and O–H groups in total. The lowest BCUT2D eigenvalue weighted by Gasteiger charge is -2.14. The average Bonchev–Trinajstić information content (AvgIpc) is 2.82. The molecule has 0 atom stereocenters. The van der Waals surface area contributed by atoms with E-state index in [0.717, 1.165) is 10.6 Å². The number of pyridine rings is 1. The molecule has 2 heterocycles. The van der Waals surface area contributed by atoms with Crippen LogP contribution >= 0.6 is 11.6 Å². The van der Waals surface area contributed by atoms with Crippen molar-refractivity contribution >= 4 is 35.1 Å². The van der Waals surface area contributed by atoms with Crippen LogP contribution in [0.5, 0.6) is 0 Å². The van der Waals surface area contributed by atoms with Gasteiger partial charge in [0.1, 0.15) is 5.82 Å². The fraction of sp³-hybridized carbons (Fsp3) is 0.176. The molecule has 1 aromatic carbocycles. The molecule has 1 aliphatic rings. The minimum absolute atomic E-state index is 0.0690. The van der Waals surface area contributed by atoms with Crippen LogP contribution in [0.1, 0.15) is 44.9 Å². The van der Waals surface area contributed by atoms with Crippen LogP contribution in [-0.2, 0) is 0 Å². The predicted octanol–water partition coefficient (Wildman–Crippen LogP) is 1.09. The lowest BCUT2D eigenvalue weighted by Crippen LogP contribution is -2.30. The van der Waals surface area contributed by atoms with Crippen LogP contribution in [0.4, 0.5) is 5.82 Å². The molecule has 0 unspecified atom stereocenters. The fourth-order valence-electron chi connectivity index (χ4n) is 2.71. The first kappa shape index (κ1) is 17.7. The number of anilines is 1. The number of aromatic nitrogens is 1. The van der Waals surface area contributed by atoms with Gasteiger partial charge in [-0.3, -0.25) is 29.1 Å². The third-order valence-corrected chi connectivity index (χ3v) is 4.16. The number of nitrogens with two attached hydrogens (primary N) is 1. The maximum Gasteiger partial charge on any atom is 0.262 e. The Morgan fingerprint density at radius 1 is 1.19 bits per heavy atom. The van der Waals surface area contributed by atoms with E-state index in [2.05, 4.69) is 10.6 Å². The second-order valence-corrected chi connectivity index (χ2v) is 6.47. The molecule has 0 aliphatic carbocycles. The standard InChI is InChI=1S/C17H15ClN4O4/c1-7(2)20-15(24)9-5-8(3-4-11(9)18)22-12(23)6-10-13(14(22)19)17(26)21-16(10)25/h3-7H,19H2,1-2H3,(H,20,24)(H,21,25,26). The summed E-state index contributed by atoms with van der Waals surface area (Å²) < 4.78 is 1.06. The molecular formula is C17H15ClN4O4. The van der Waals surface area contributed by atoms with E-state index in [1.165, 1.54) is 18.2 Å². The van der Waals surface area contributed by atoms with Gasteiger partial charge in [-0.15, -0.1) is 0 Å². The van der Waals surface area contributed by atoms with Crippen molar-refractivity contribution in [3.63, 3.8) is 0 Å². The molecule has 8 nitrogen and oxygen atoms in total. The zero-order valence-corrected chi connectivity index (χ0v) is 14.7. The molecule has 0 saturated carbocycles. The highest BCUT2D eigenvalue weighted by atomic mass is 35.5. The second kappa shape index (κ2) is 6.30. The number of amides is 3. The first-order chi connectivity index (χ1) is 12.2. The van der Waals surface area contributed by atoms with Gasteiger partial charge in [-0.2, -0.15) is 0 Å². The predicted molar refractivity (Wildman–Crippen MR) is 95.9 cm³/mol. The SMILES string of the molecule is CC(C)NC(=O)c1cc(-n2c(N)c3c(cc2=O)C(=O)NC3=O)ccc1Cl. The zero-order chi connectivity index (χ0) is 19.2. The number of nitrogens with one attached hydrogen (secondary N) is 2. The third-order valence-electron chi connectivity index (χ3n) is 3.83. The van der Waals surface area contributed by atoms with Gasteiger partial charge in [0.05, 0.1) is 27.4 Å². The van der Waals surface area contributed by atoms with Gasteiger partial charge in [-0.25, -0.2) is 0 Å². The zero-order valence-electron chi connectivity index (χ0n) is 13.9. The molecule has 2 aromatic rings. The van der Waals surface area contributed by atoms with E-state index in [1.807, 2.05) is 0 Å². The molecule has 3 amide bonds. The lowest BCUT2D eigenvalue weighted by molar-refractivity contribution is 0.0877. The number of hydrogen-bond donors (Lipinski definition) is 3. The lowest BCUT2D eigenvalue weighted by atomic mass is 10.1. The second-order valence-electron chi connectivity index (χ2n) is 6.07. The van der Waals surface area contributed by atoms with Crippen LogP contribution < -0.4 is 21.9 Å². The van der Waals surface area contributed by atoms with E-state index >= 15 is 0 Å². The number of carbonyl (C=O) groups is 3. The quantitative estimate of drug-likeness (QED) is 0.694. The smallest absolute Gasteiger partial charge is 0.262 e. The molecule has 26 heavy (non-hydrogen) atoms. The molecular weight excluding hydrogens is 360 g/mol. The van der Waals surface area contributed by atoms with Crippen LogP contribution in [0.3, 0.4) is 0 Å². The molecule has 3 rings (SSSR count). The van der Waals surface area contributed by atoms with Crippen molar-refractivity contribution in [3.8, 4) is 5.69 Å². The molecule has 0 radical (unpaired) electrons. The molecule has 0 saturated heterocycles. The summed E-state index contributed by atoms with van der Waals surface area (Å²) in [5.74, 6) is -1.95. The normalized spacial score (nSPS) is 12.9. The molecule has 1 aliphatic heterocycles. The minimum Gasteiger partial charge on any atom is -0.384 e. The summed E-state index contributed by atoms with van der Waals surface area (Å²) in [6.07, 6.45) is 0. The number of rotatable bonds is 3. The first-order valence-electron chi connectivity index (χ1n) is 7.72. The number of nitrogens with zero attached hydrogens (tertiary/aromatic N) is 1. The summed E-state index contributed by atoms with van der Waals surface area (Å²) in [7, 11) is 0. The Labute approximate surface area is 152 Å². The maximum atomic E-state index is 12.5. The Balaban J connectivity index is 2.18. The number of imide groups is 1. The van der Waals surface area contributed by atoms with Crippen molar-refractivity contribution in [2.24, 2.45) is 0 Å². The van der Waals surface area contributed by atoms with E-state index in [9.17, 15) is 19.2 Å². The van der Waals surface area contributed by atoms with E-state index in [4.69, 9.17) is 17.3 Å². The van der Waals surface area contributed by atoms with Crippen molar-refractivity contribution in [2.75, 3.05) is 5.73 Å². The molecule has 1 aromatic heterocycles. The monoisotopic (exact) mass is 374 g/mol. The maximum absolute atomic E-state index is 12.5. The van der Waals surface area contributed by atoms with E-state index in [-0.39, 0.29) is 39.3 Å². The molecule has 0 fully saturated rings. The first-order valence-corrected chi connectivity index (χ1v) is 8.10. The number of carbonyl (C=O) groups excluding carboxylic acids is 3. The van der Waals surface area contributed by atoms with Crippen LogP contribution in [0.2, 0.25) is 5.02 Å². The molecule has 0 spiro atoms. The Bertz CT molecular complexity index is 1030. The molecule has 134 valence electrons. The summed E-state index contributed by atoms with van der Waals surface area (Å²) in [5.41, 5.74) is 5.64. The van der Waals surface area contributed by atoms with E-state index < -0.39 is 23.3 Å². The van der Waals surface area contributed by atoms with E-state index in [0.29, 0.717) is 0 Å². The van der Waals surface area contributed by atoms with Crippen molar-refractivity contribution in [1.82, 2.24) is 15.2 Å². The van der Waals surface area contributed by atoms with Crippen LogP contribution in [0.25, 0.3) is 5.69 Å². The van der Waals surface area contributed by atoms with Crippen LogP contribution in [0, 0.1) is 0 Å². The fourth-order valence-corrected chi connectivity index (χ4v) is 2.92. The van der Waals surface area contributed by atoms with Crippen molar-refractivity contribution < 1.29 is 14.4 Å². The summed E-state index contributed by atoms with van der Waals surface area (Å²) in [4.78, 5) is 48.4. The van der Waals surface area contributed by atoms with Gasteiger partial charge >= 0.3 is 0 Å². The highest BCUT2D eigenvalue weighted by Crippen LogP contribution is 2.25. The van der Waals surface area contributed by atoms with Gasteiger partial charge in [0.15, 0.2) is 0 Å². The topological polar surface area (TPSA) is 123 Å². The van der Waals surface area contributed by atoms with Gasteiger partial charge < -0.3 is 11.1 Å². The Morgan fingerprint density at radius 2 is 1.88 bits per heavy atom. The average molecular weight is 375 g/mol. The van der Waals surface area contributed by atoms with Crippen molar-refractivity contribution in [1.29, 1.82) is 0 Å². The number of hydrogen-bond acceptors (Lipinski definition) is 5. The van der Waals surface area contributed by atoms with Crippen molar-refractivity contribution in [2.45, 2.75) is 19.9 Å². The molecule has 9 heteroatoms. The Kier molecular flexibility index (Phi) is 4.29. The summed E-state index contributed by atoms with van der Waals surface area (Å²) in [6.45, 7) is 3.60. The van der Waals surface area contributed by atoms with Gasteiger partial charge in [0.2, 0.25) is 0 Å². The summed E-state index contributed by atoms with van der Waals surface area (Å²) >= 11 is 6.09. The Morgan fingerprint density at radius 3 is 2.54 bits per heavy atom. The summed E-state index contributed by atoms with van der Waals surface area (Å²) in [5, 5.41) is 5.01. The summed E-state index contributed by atoms with van der Waals surface area (Å²) in [6, 6.07) is 5.28. The van der Waals surface area contributed by atoms with Gasteiger partial charge in [0.25, 0.3) is 23.3 Å². The highest BCUT2D eigenvalue weighted by Gasteiger charge is 2.32. The molecule has 0 bridgehead atoms. The largest absolute Gasteiger partial charge is 0.384 e. The minimum atomic E-state index is -0.678. The van der Waals surface area contributed by atoms with Gasteiger partial charge in [0, 0.05) is 12.1 Å². The van der Waals surface area contributed by atoms with Crippen LogP contribution in [-0.4, -0.2) is 28.3 Å². The van der Waals surface area contributed by atoms with Crippen LogP contribution in [0.15, 0.2) is 29.1 Å². The number of halogens is 1. The van der Waals surface area contributed by atoms with Gasteiger partial charge in [-0.1, -0.05) is 11.6 Å². The van der Waals surface area contributed by atoms with Crippen molar-refractivity contribution in [3.05, 3.63) is 56.3 Å². The van der Waals surface area contributed by atoms with E-state index in [1.54, 1.807) is 13.8 Å². The van der Waals surface area contributed by atoms with Gasteiger partial charge in [-0.05, 0) is 32.0 Å². The highest BCUT2D eigenvalue weighted by molar-refractivity contribution is 6.34. The number of nitrogen functional groups attached to an aromatic ring is 1. The number of benzene rings is 1.